The molecule has 6 unspecified atom stereocenters. The van der Waals surface area contributed by atoms with Gasteiger partial charge in [0.2, 0.25) is 11.8 Å². The summed E-state index contributed by atoms with van der Waals surface area (Å²) < 4.78 is 7.20. The number of benzene rings is 3. The Labute approximate surface area is 282 Å². The zero-order chi connectivity index (χ0) is 31.9. The minimum atomic E-state index is -0.631. The maximum absolute atomic E-state index is 13.6. The molecule has 2 bridgehead atoms. The Bertz CT molecular complexity index is 1970. The number of hydrogen-bond donors (Lipinski definition) is 0. The highest BCUT2D eigenvalue weighted by atomic mass is 79.9. The number of esters is 1. The van der Waals surface area contributed by atoms with Gasteiger partial charge in [-0.3, -0.25) is 19.3 Å². The van der Waals surface area contributed by atoms with Crippen molar-refractivity contribution in [3.8, 4) is 11.3 Å². The smallest absolute Gasteiger partial charge is 0.339 e. The van der Waals surface area contributed by atoms with Crippen molar-refractivity contribution in [3.05, 3.63) is 105 Å². The molecule has 6 atom stereocenters. The van der Waals surface area contributed by atoms with Crippen LogP contribution in [0.3, 0.4) is 0 Å². The van der Waals surface area contributed by atoms with Crippen molar-refractivity contribution in [2.24, 2.45) is 35.5 Å². The average Bonchev–Trinajstić information content (AvgIpc) is 3.85. The van der Waals surface area contributed by atoms with Gasteiger partial charge in [-0.25, -0.2) is 9.78 Å². The number of Topliss-reactive ketones (excluding diaryl/α,β-unsaturated/α-hetero) is 1. The van der Waals surface area contributed by atoms with Gasteiger partial charge >= 0.3 is 5.97 Å². The molecule has 2 saturated carbocycles. The van der Waals surface area contributed by atoms with E-state index in [9.17, 15) is 19.2 Å². The molecule has 4 aliphatic carbocycles. The van der Waals surface area contributed by atoms with Gasteiger partial charge in [-0.05, 0) is 84.5 Å². The van der Waals surface area contributed by atoms with E-state index in [1.807, 2.05) is 31.2 Å². The third-order valence-corrected chi connectivity index (χ3v) is 11.1. The molecule has 4 aromatic rings. The van der Waals surface area contributed by atoms with Gasteiger partial charge in [-0.2, -0.15) is 0 Å². The monoisotopic (exact) mass is 738 g/mol. The van der Waals surface area contributed by atoms with Gasteiger partial charge in [-0.15, -0.1) is 0 Å². The minimum absolute atomic E-state index is 0.0999. The number of rotatable bonds is 7. The molecule has 5 aliphatic rings. The summed E-state index contributed by atoms with van der Waals surface area (Å²) in [4.78, 5) is 59.9. The number of imide groups is 1. The van der Waals surface area contributed by atoms with Crippen molar-refractivity contribution in [2.45, 2.75) is 19.8 Å². The lowest BCUT2D eigenvalue weighted by Crippen LogP contribution is -2.40. The van der Waals surface area contributed by atoms with Crippen LogP contribution in [-0.2, 0) is 20.7 Å². The molecular weight excluding hydrogens is 712 g/mol. The van der Waals surface area contributed by atoms with Gasteiger partial charge in [-0.1, -0.05) is 75.2 Å². The van der Waals surface area contributed by atoms with Crippen molar-refractivity contribution in [1.82, 2.24) is 4.98 Å². The van der Waals surface area contributed by atoms with Crippen LogP contribution in [0.1, 0.15) is 39.6 Å². The molecule has 1 saturated heterocycles. The van der Waals surface area contributed by atoms with E-state index in [1.165, 1.54) is 4.90 Å². The number of allylic oxidation sites excluding steroid dienone is 2. The van der Waals surface area contributed by atoms with Crippen molar-refractivity contribution in [2.75, 3.05) is 11.5 Å². The van der Waals surface area contributed by atoms with E-state index >= 15 is 0 Å². The zero-order valence-electron chi connectivity index (χ0n) is 24.8. The fraction of sp³-hybridized carbons (Fsp3) is 0.270. The maximum Gasteiger partial charge on any atom is 0.339 e. The van der Waals surface area contributed by atoms with E-state index in [-0.39, 0.29) is 41.3 Å². The number of pyridine rings is 1. The SMILES string of the molecule is CCc1cc(Br)cc2c(C(=O)OCC(=O)c3ccc(Br)cc3)cc(-c3ccc(N4C(=O)C5C6C=CC(C7CC67)C5C4=O)cc3)nc12. The van der Waals surface area contributed by atoms with Crippen molar-refractivity contribution in [1.29, 1.82) is 0 Å². The van der Waals surface area contributed by atoms with Crippen LogP contribution in [0.4, 0.5) is 5.69 Å². The third-order valence-electron chi connectivity index (χ3n) is 10.1. The lowest BCUT2D eigenvalue weighted by atomic mass is 9.63. The van der Waals surface area contributed by atoms with Crippen LogP contribution < -0.4 is 4.90 Å². The molecule has 46 heavy (non-hydrogen) atoms. The van der Waals surface area contributed by atoms with Gasteiger partial charge in [0.05, 0.1) is 34.3 Å². The third kappa shape index (κ3) is 4.70. The number of aryl methyl sites for hydroxylation is 1. The van der Waals surface area contributed by atoms with Crippen LogP contribution in [0.2, 0.25) is 0 Å². The second-order valence-corrected chi connectivity index (χ2v) is 14.4. The largest absolute Gasteiger partial charge is 0.454 e. The van der Waals surface area contributed by atoms with Gasteiger partial charge in [0.15, 0.2) is 12.4 Å². The molecule has 3 fully saturated rings. The average molecular weight is 740 g/mol. The highest BCUT2D eigenvalue weighted by Gasteiger charge is 2.67. The fourth-order valence-electron chi connectivity index (χ4n) is 7.87. The second-order valence-electron chi connectivity index (χ2n) is 12.6. The Morgan fingerprint density at radius 1 is 0.870 bits per heavy atom. The van der Waals surface area contributed by atoms with Crippen LogP contribution in [0.15, 0.2) is 87.8 Å². The quantitative estimate of drug-likeness (QED) is 0.0840. The summed E-state index contributed by atoms with van der Waals surface area (Å²) in [6.45, 7) is 1.62. The second kappa shape index (κ2) is 11.1. The molecule has 7 nitrogen and oxygen atoms in total. The van der Waals surface area contributed by atoms with E-state index in [0.717, 1.165) is 26.5 Å². The molecule has 1 aliphatic heterocycles. The molecule has 9 rings (SSSR count). The lowest BCUT2D eigenvalue weighted by molar-refractivity contribution is -0.124. The lowest BCUT2D eigenvalue weighted by Gasteiger charge is -2.37. The number of carbonyl (C=O) groups is 4. The molecule has 2 heterocycles. The summed E-state index contributed by atoms with van der Waals surface area (Å²) in [5.74, 6) is -0.240. The molecule has 0 spiro atoms. The topological polar surface area (TPSA) is 93.6 Å². The molecule has 2 amide bonds. The van der Waals surface area contributed by atoms with E-state index in [1.54, 1.807) is 42.5 Å². The van der Waals surface area contributed by atoms with E-state index < -0.39 is 12.6 Å². The Hall–Kier alpha value is -3.95. The number of fused-ring (bicyclic) bond motifs is 1. The number of ketones is 1. The standard InChI is InChI=1S/C37H28Br2N2O5/c1-2-18-13-22(39)14-28-29(37(45)46-17-31(42)20-3-7-21(38)8-4-20)16-30(40-34(18)28)19-5-9-23(10-6-19)41-35(43)32-24-11-12-25(27-15-26(24)27)33(32)36(41)44/h3-14,16,24-27,32-33H,2,15,17H2,1H3. The normalized spacial score (nSPS) is 25.5. The maximum atomic E-state index is 13.6. The van der Waals surface area contributed by atoms with E-state index in [2.05, 4.69) is 44.0 Å². The van der Waals surface area contributed by atoms with Crippen LogP contribution >= 0.6 is 31.9 Å². The summed E-state index contributed by atoms with van der Waals surface area (Å²) >= 11 is 6.92. The van der Waals surface area contributed by atoms with Crippen LogP contribution in [-0.4, -0.2) is 35.2 Å². The number of nitrogens with zero attached hydrogens (tertiary/aromatic N) is 2. The highest BCUT2D eigenvalue weighted by molar-refractivity contribution is 9.10. The molecule has 0 N–H and O–H groups in total. The minimum Gasteiger partial charge on any atom is -0.454 e. The summed E-state index contributed by atoms with van der Waals surface area (Å²) in [6.07, 6.45) is 6.15. The Morgan fingerprint density at radius 3 is 2.15 bits per heavy atom. The van der Waals surface area contributed by atoms with Gasteiger partial charge in [0.1, 0.15) is 0 Å². The van der Waals surface area contributed by atoms with Crippen molar-refractivity contribution < 1.29 is 23.9 Å². The summed E-state index contributed by atoms with van der Waals surface area (Å²) in [6, 6.07) is 19.6. The number of aromatic nitrogens is 1. The summed E-state index contributed by atoms with van der Waals surface area (Å²) in [5, 5.41) is 0.616. The Balaban J connectivity index is 1.10. The molecule has 230 valence electrons. The fourth-order valence-corrected chi connectivity index (χ4v) is 8.64. The van der Waals surface area contributed by atoms with Crippen LogP contribution in [0.25, 0.3) is 22.2 Å². The van der Waals surface area contributed by atoms with Crippen molar-refractivity contribution >= 4 is 72.0 Å². The first-order valence-electron chi connectivity index (χ1n) is 15.5. The molecule has 3 aromatic carbocycles. The van der Waals surface area contributed by atoms with Gasteiger partial charge in [0.25, 0.3) is 0 Å². The first-order valence-corrected chi connectivity index (χ1v) is 17.1. The first kappa shape index (κ1) is 29.5. The number of carbonyl (C=O) groups excluding carboxylic acids is 4. The van der Waals surface area contributed by atoms with E-state index in [0.29, 0.717) is 51.7 Å². The van der Waals surface area contributed by atoms with E-state index in [4.69, 9.17) is 9.72 Å². The zero-order valence-corrected chi connectivity index (χ0v) is 28.0. The van der Waals surface area contributed by atoms with Gasteiger partial charge < -0.3 is 4.74 Å². The number of amides is 2. The molecule has 1 aromatic heterocycles. The van der Waals surface area contributed by atoms with Crippen molar-refractivity contribution in [3.63, 3.8) is 0 Å². The molecule has 0 radical (unpaired) electrons. The number of anilines is 1. The Morgan fingerprint density at radius 2 is 1.52 bits per heavy atom. The molecule has 9 heteroatoms. The number of hydrogen-bond acceptors (Lipinski definition) is 6. The predicted molar refractivity (Wildman–Crippen MR) is 180 cm³/mol. The first-order chi connectivity index (χ1) is 22.2. The number of ether oxygens (including phenoxy) is 1. The van der Waals surface area contributed by atoms with Crippen LogP contribution in [0, 0.1) is 35.5 Å². The number of halogens is 2. The molecular formula is C37H28Br2N2O5. The summed E-state index contributed by atoms with van der Waals surface area (Å²) in [5.41, 5.74) is 4.15. The predicted octanol–water partition coefficient (Wildman–Crippen LogP) is 7.59. The van der Waals surface area contributed by atoms with Gasteiger partial charge in [0, 0.05) is 25.5 Å². The Kier molecular flexibility index (Phi) is 7.10. The van der Waals surface area contributed by atoms with Crippen LogP contribution in [0.5, 0.6) is 0 Å². The summed E-state index contributed by atoms with van der Waals surface area (Å²) in [7, 11) is 0. The highest BCUT2D eigenvalue weighted by Crippen LogP contribution is 2.65.